The first-order chi connectivity index (χ1) is 15.1. The standard InChI is InChI=1S/C23H30N4O4/c1-29-20-10-9-19(22(30-2)23(20)31-3)15-24-25-21(28)17-27-13-11-26(12-14-27)16-18-7-5-4-6-8-18/h4-10,15H,11-14,16-17H2,1-3H3,(H,25,28)/b24-15+. The molecule has 3 rings (SSSR count). The summed E-state index contributed by atoms with van der Waals surface area (Å²) >= 11 is 0. The summed E-state index contributed by atoms with van der Waals surface area (Å²) in [5.41, 5.74) is 4.58. The van der Waals surface area contributed by atoms with Crippen LogP contribution in [0.15, 0.2) is 47.6 Å². The molecule has 1 fully saturated rings. The van der Waals surface area contributed by atoms with Crippen LogP contribution in [0.4, 0.5) is 0 Å². The van der Waals surface area contributed by atoms with Crippen LogP contribution in [-0.2, 0) is 11.3 Å². The first-order valence-electron chi connectivity index (χ1n) is 10.2. The Hall–Kier alpha value is -3.10. The molecule has 0 bridgehead atoms. The van der Waals surface area contributed by atoms with Gasteiger partial charge in [0.15, 0.2) is 11.5 Å². The number of benzene rings is 2. The molecule has 166 valence electrons. The van der Waals surface area contributed by atoms with Gasteiger partial charge in [-0.15, -0.1) is 0 Å². The van der Waals surface area contributed by atoms with Crippen molar-refractivity contribution in [3.63, 3.8) is 0 Å². The van der Waals surface area contributed by atoms with Crippen LogP contribution in [0.25, 0.3) is 0 Å². The largest absolute Gasteiger partial charge is 0.493 e. The first-order valence-corrected chi connectivity index (χ1v) is 10.2. The summed E-state index contributed by atoms with van der Waals surface area (Å²) in [5.74, 6) is 1.39. The lowest BCUT2D eigenvalue weighted by Gasteiger charge is -2.34. The Balaban J connectivity index is 1.47. The predicted octanol–water partition coefficient (Wildman–Crippen LogP) is 1.98. The van der Waals surface area contributed by atoms with Gasteiger partial charge in [0.1, 0.15) is 0 Å². The van der Waals surface area contributed by atoms with E-state index in [1.54, 1.807) is 33.5 Å². The molecule has 0 unspecified atom stereocenters. The molecule has 0 aliphatic carbocycles. The molecule has 1 heterocycles. The van der Waals surface area contributed by atoms with E-state index in [0.29, 0.717) is 29.4 Å². The van der Waals surface area contributed by atoms with E-state index in [1.807, 2.05) is 6.07 Å². The lowest BCUT2D eigenvalue weighted by atomic mass is 10.2. The van der Waals surface area contributed by atoms with Gasteiger partial charge in [0.2, 0.25) is 5.75 Å². The van der Waals surface area contributed by atoms with E-state index < -0.39 is 0 Å². The number of carbonyl (C=O) groups is 1. The average molecular weight is 427 g/mol. The molecule has 0 atom stereocenters. The second kappa shape index (κ2) is 11.3. The third kappa shape index (κ3) is 6.19. The summed E-state index contributed by atoms with van der Waals surface area (Å²) in [7, 11) is 4.65. The maximum atomic E-state index is 12.3. The van der Waals surface area contributed by atoms with Crippen molar-refractivity contribution in [2.75, 3.05) is 54.1 Å². The molecule has 8 nitrogen and oxygen atoms in total. The van der Waals surface area contributed by atoms with Crippen molar-refractivity contribution in [3.8, 4) is 17.2 Å². The molecule has 0 spiro atoms. The minimum atomic E-state index is -0.146. The van der Waals surface area contributed by atoms with Crippen LogP contribution in [-0.4, -0.2) is 76.0 Å². The van der Waals surface area contributed by atoms with E-state index in [1.165, 1.54) is 11.8 Å². The van der Waals surface area contributed by atoms with E-state index in [4.69, 9.17) is 14.2 Å². The maximum absolute atomic E-state index is 12.3. The minimum Gasteiger partial charge on any atom is -0.493 e. The molecule has 2 aromatic rings. The highest BCUT2D eigenvalue weighted by Gasteiger charge is 2.19. The Labute approximate surface area is 183 Å². The molecule has 1 N–H and O–H groups in total. The zero-order valence-corrected chi connectivity index (χ0v) is 18.3. The number of ether oxygens (including phenoxy) is 3. The third-order valence-corrected chi connectivity index (χ3v) is 5.21. The van der Waals surface area contributed by atoms with Crippen LogP contribution < -0.4 is 19.6 Å². The number of rotatable bonds is 9. The van der Waals surface area contributed by atoms with Gasteiger partial charge in [0, 0.05) is 38.3 Å². The number of nitrogens with zero attached hydrogens (tertiary/aromatic N) is 3. The number of piperazine rings is 1. The van der Waals surface area contributed by atoms with Crippen LogP contribution in [0.3, 0.4) is 0 Å². The lowest BCUT2D eigenvalue weighted by molar-refractivity contribution is -0.122. The molecule has 0 radical (unpaired) electrons. The normalized spacial score (nSPS) is 15.1. The van der Waals surface area contributed by atoms with Gasteiger partial charge in [-0.25, -0.2) is 5.43 Å². The summed E-state index contributed by atoms with van der Waals surface area (Å²) in [4.78, 5) is 16.8. The number of hydrazone groups is 1. The second-order valence-corrected chi connectivity index (χ2v) is 7.25. The molecular formula is C23H30N4O4. The van der Waals surface area contributed by atoms with Crippen LogP contribution in [0.1, 0.15) is 11.1 Å². The first kappa shape index (κ1) is 22.6. The molecule has 31 heavy (non-hydrogen) atoms. The highest BCUT2D eigenvalue weighted by molar-refractivity contribution is 5.87. The third-order valence-electron chi connectivity index (χ3n) is 5.21. The van der Waals surface area contributed by atoms with E-state index >= 15 is 0 Å². The zero-order chi connectivity index (χ0) is 22.1. The van der Waals surface area contributed by atoms with Crippen molar-refractivity contribution < 1.29 is 19.0 Å². The molecule has 1 saturated heterocycles. The minimum absolute atomic E-state index is 0.146. The van der Waals surface area contributed by atoms with Gasteiger partial charge in [0.05, 0.1) is 34.1 Å². The van der Waals surface area contributed by atoms with Crippen molar-refractivity contribution in [2.24, 2.45) is 5.10 Å². The monoisotopic (exact) mass is 426 g/mol. The number of hydrogen-bond acceptors (Lipinski definition) is 7. The van der Waals surface area contributed by atoms with Crippen molar-refractivity contribution in [2.45, 2.75) is 6.54 Å². The number of methoxy groups -OCH3 is 3. The molecule has 1 aliphatic heterocycles. The van der Waals surface area contributed by atoms with Gasteiger partial charge in [-0.3, -0.25) is 14.6 Å². The van der Waals surface area contributed by atoms with Crippen molar-refractivity contribution in [3.05, 3.63) is 53.6 Å². The molecule has 0 saturated carbocycles. The Kier molecular flexibility index (Phi) is 8.26. The van der Waals surface area contributed by atoms with Gasteiger partial charge in [0.25, 0.3) is 5.91 Å². The van der Waals surface area contributed by atoms with Gasteiger partial charge in [-0.2, -0.15) is 5.10 Å². The second-order valence-electron chi connectivity index (χ2n) is 7.25. The lowest BCUT2D eigenvalue weighted by Crippen LogP contribution is -2.48. The SMILES string of the molecule is COc1ccc(/C=N/NC(=O)CN2CCN(Cc3ccccc3)CC2)c(OC)c1OC. The average Bonchev–Trinajstić information content (AvgIpc) is 2.80. The molecule has 8 heteroatoms. The smallest absolute Gasteiger partial charge is 0.254 e. The maximum Gasteiger partial charge on any atom is 0.254 e. The quantitative estimate of drug-likeness (QED) is 0.488. The highest BCUT2D eigenvalue weighted by Crippen LogP contribution is 2.38. The Morgan fingerprint density at radius 3 is 2.26 bits per heavy atom. The van der Waals surface area contributed by atoms with Crippen LogP contribution >= 0.6 is 0 Å². The number of amides is 1. The van der Waals surface area contributed by atoms with E-state index in [9.17, 15) is 4.79 Å². The molecule has 1 amide bonds. The number of nitrogens with one attached hydrogen (secondary N) is 1. The highest BCUT2D eigenvalue weighted by atomic mass is 16.5. The van der Waals surface area contributed by atoms with Crippen LogP contribution in [0.2, 0.25) is 0 Å². The fourth-order valence-electron chi connectivity index (χ4n) is 3.59. The van der Waals surface area contributed by atoms with Gasteiger partial charge < -0.3 is 14.2 Å². The van der Waals surface area contributed by atoms with Crippen molar-refractivity contribution in [1.29, 1.82) is 0 Å². The molecular weight excluding hydrogens is 396 g/mol. The Bertz CT molecular complexity index is 881. The summed E-state index contributed by atoms with van der Waals surface area (Å²) in [5, 5.41) is 4.08. The van der Waals surface area contributed by atoms with Gasteiger partial charge in [-0.1, -0.05) is 30.3 Å². The van der Waals surface area contributed by atoms with Crippen molar-refractivity contribution in [1.82, 2.24) is 15.2 Å². The van der Waals surface area contributed by atoms with Gasteiger partial charge in [-0.05, 0) is 17.7 Å². The van der Waals surface area contributed by atoms with E-state index in [-0.39, 0.29) is 5.91 Å². The fourth-order valence-corrected chi connectivity index (χ4v) is 3.59. The Morgan fingerprint density at radius 1 is 0.935 bits per heavy atom. The van der Waals surface area contributed by atoms with Gasteiger partial charge >= 0.3 is 0 Å². The van der Waals surface area contributed by atoms with E-state index in [2.05, 4.69) is 44.6 Å². The summed E-state index contributed by atoms with van der Waals surface area (Å²) < 4.78 is 16.1. The zero-order valence-electron chi connectivity index (χ0n) is 18.3. The number of carbonyl (C=O) groups excluding carboxylic acids is 1. The molecule has 2 aromatic carbocycles. The summed E-state index contributed by atoms with van der Waals surface area (Å²) in [6, 6.07) is 14.0. The number of hydrogen-bond donors (Lipinski definition) is 1. The van der Waals surface area contributed by atoms with Crippen LogP contribution in [0.5, 0.6) is 17.2 Å². The summed E-state index contributed by atoms with van der Waals surface area (Å²) in [6.07, 6.45) is 1.54. The topological polar surface area (TPSA) is 75.6 Å². The predicted molar refractivity (Wildman–Crippen MR) is 120 cm³/mol. The van der Waals surface area contributed by atoms with Crippen molar-refractivity contribution >= 4 is 12.1 Å². The Morgan fingerprint density at radius 2 is 1.61 bits per heavy atom. The fraction of sp³-hybridized carbons (Fsp3) is 0.391. The molecule has 0 aromatic heterocycles. The molecule has 1 aliphatic rings. The summed E-state index contributed by atoms with van der Waals surface area (Å²) in [6.45, 7) is 4.85. The van der Waals surface area contributed by atoms with Crippen LogP contribution in [0, 0.1) is 0 Å². The van der Waals surface area contributed by atoms with E-state index in [0.717, 1.165) is 32.7 Å².